The van der Waals surface area contributed by atoms with E-state index in [1.54, 1.807) is 12.1 Å². The van der Waals surface area contributed by atoms with Crippen molar-refractivity contribution in [1.82, 2.24) is 9.97 Å². The number of nitrogens with zero attached hydrogens (tertiary/aromatic N) is 2. The molecule has 0 spiro atoms. The summed E-state index contributed by atoms with van der Waals surface area (Å²) in [6, 6.07) is 4.70. The van der Waals surface area contributed by atoms with Gasteiger partial charge in [0.25, 0.3) is 0 Å². The third-order valence-corrected chi connectivity index (χ3v) is 3.02. The SMILES string of the molecule is CCNc1nc(C)nc(Nc2ccc(OC)c(F)c2)c1C. The average molecular weight is 290 g/mol. The maximum absolute atomic E-state index is 13.7. The summed E-state index contributed by atoms with van der Waals surface area (Å²) in [5, 5.41) is 6.30. The lowest BCUT2D eigenvalue weighted by atomic mass is 10.2. The summed E-state index contributed by atoms with van der Waals surface area (Å²) >= 11 is 0. The summed E-state index contributed by atoms with van der Waals surface area (Å²) in [7, 11) is 1.44. The first-order chi connectivity index (χ1) is 10.0. The molecule has 1 aromatic carbocycles. The van der Waals surface area contributed by atoms with E-state index in [9.17, 15) is 4.39 Å². The van der Waals surface area contributed by atoms with Gasteiger partial charge in [0.1, 0.15) is 17.5 Å². The van der Waals surface area contributed by atoms with Crippen LogP contribution in [0.1, 0.15) is 18.3 Å². The molecule has 0 saturated carbocycles. The molecule has 0 unspecified atom stereocenters. The molecule has 2 rings (SSSR count). The second kappa shape index (κ2) is 6.39. The van der Waals surface area contributed by atoms with Gasteiger partial charge < -0.3 is 15.4 Å². The lowest BCUT2D eigenvalue weighted by Crippen LogP contribution is -2.07. The van der Waals surface area contributed by atoms with Crippen molar-refractivity contribution in [2.45, 2.75) is 20.8 Å². The highest BCUT2D eigenvalue weighted by Crippen LogP contribution is 2.26. The molecule has 0 saturated heterocycles. The average Bonchev–Trinajstić information content (AvgIpc) is 2.44. The van der Waals surface area contributed by atoms with E-state index in [4.69, 9.17) is 4.74 Å². The fourth-order valence-electron chi connectivity index (χ4n) is 1.97. The molecule has 0 aliphatic heterocycles. The molecule has 0 amide bonds. The van der Waals surface area contributed by atoms with Gasteiger partial charge in [-0.3, -0.25) is 0 Å². The number of nitrogens with one attached hydrogen (secondary N) is 2. The molecule has 0 bridgehead atoms. The Hall–Kier alpha value is -2.37. The van der Waals surface area contributed by atoms with Gasteiger partial charge in [-0.1, -0.05) is 0 Å². The van der Waals surface area contributed by atoms with Gasteiger partial charge in [0.15, 0.2) is 11.6 Å². The summed E-state index contributed by atoms with van der Waals surface area (Å²) in [5.41, 5.74) is 1.50. The van der Waals surface area contributed by atoms with Crippen LogP contribution in [0.5, 0.6) is 5.75 Å². The van der Waals surface area contributed by atoms with Crippen LogP contribution in [-0.2, 0) is 0 Å². The Morgan fingerprint density at radius 3 is 2.52 bits per heavy atom. The first-order valence-electron chi connectivity index (χ1n) is 6.74. The van der Waals surface area contributed by atoms with Gasteiger partial charge in [0, 0.05) is 23.9 Å². The summed E-state index contributed by atoms with van der Waals surface area (Å²) in [6.45, 7) is 6.51. The number of rotatable bonds is 5. The van der Waals surface area contributed by atoms with Gasteiger partial charge in [-0.15, -0.1) is 0 Å². The molecule has 0 radical (unpaired) electrons. The van der Waals surface area contributed by atoms with Crippen LogP contribution in [-0.4, -0.2) is 23.6 Å². The zero-order chi connectivity index (χ0) is 15.4. The molecule has 21 heavy (non-hydrogen) atoms. The number of aryl methyl sites for hydroxylation is 1. The first-order valence-corrected chi connectivity index (χ1v) is 6.74. The molecule has 6 heteroatoms. The van der Waals surface area contributed by atoms with E-state index >= 15 is 0 Å². The van der Waals surface area contributed by atoms with Crippen molar-refractivity contribution in [3.8, 4) is 5.75 Å². The van der Waals surface area contributed by atoms with Gasteiger partial charge in [-0.25, -0.2) is 14.4 Å². The number of halogens is 1. The van der Waals surface area contributed by atoms with Crippen LogP contribution >= 0.6 is 0 Å². The zero-order valence-electron chi connectivity index (χ0n) is 12.6. The van der Waals surface area contributed by atoms with E-state index in [2.05, 4.69) is 20.6 Å². The highest BCUT2D eigenvalue weighted by atomic mass is 19.1. The molecule has 2 N–H and O–H groups in total. The Labute approximate surface area is 123 Å². The van der Waals surface area contributed by atoms with Gasteiger partial charge in [-0.2, -0.15) is 0 Å². The Balaban J connectivity index is 2.32. The van der Waals surface area contributed by atoms with Gasteiger partial charge in [0.05, 0.1) is 7.11 Å². The molecule has 5 nitrogen and oxygen atoms in total. The van der Waals surface area contributed by atoms with Crippen LogP contribution < -0.4 is 15.4 Å². The smallest absolute Gasteiger partial charge is 0.167 e. The molecule has 0 fully saturated rings. The number of hydrogen-bond donors (Lipinski definition) is 2. The second-order valence-corrected chi connectivity index (χ2v) is 4.60. The predicted octanol–water partition coefficient (Wildman–Crippen LogP) is 3.42. The van der Waals surface area contributed by atoms with Crippen molar-refractivity contribution in [3.63, 3.8) is 0 Å². The van der Waals surface area contributed by atoms with Crippen molar-refractivity contribution in [2.24, 2.45) is 0 Å². The lowest BCUT2D eigenvalue weighted by Gasteiger charge is -2.14. The van der Waals surface area contributed by atoms with Crippen molar-refractivity contribution in [1.29, 1.82) is 0 Å². The molecule has 0 aliphatic rings. The minimum absolute atomic E-state index is 0.212. The fraction of sp³-hybridized carbons (Fsp3) is 0.333. The Bertz CT molecular complexity index is 646. The Morgan fingerprint density at radius 1 is 1.19 bits per heavy atom. The molecule has 1 heterocycles. The van der Waals surface area contributed by atoms with Gasteiger partial charge in [-0.05, 0) is 32.9 Å². The van der Waals surface area contributed by atoms with Gasteiger partial charge >= 0.3 is 0 Å². The van der Waals surface area contributed by atoms with E-state index in [1.165, 1.54) is 13.2 Å². The van der Waals surface area contributed by atoms with E-state index in [0.717, 1.165) is 17.9 Å². The fourth-order valence-corrected chi connectivity index (χ4v) is 1.97. The van der Waals surface area contributed by atoms with Crippen LogP contribution in [0.25, 0.3) is 0 Å². The van der Waals surface area contributed by atoms with Gasteiger partial charge in [0.2, 0.25) is 0 Å². The number of anilines is 3. The maximum Gasteiger partial charge on any atom is 0.167 e. The molecular formula is C15H19FN4O. The topological polar surface area (TPSA) is 59.1 Å². The van der Waals surface area contributed by atoms with Crippen LogP contribution in [0.15, 0.2) is 18.2 Å². The third-order valence-electron chi connectivity index (χ3n) is 3.02. The lowest BCUT2D eigenvalue weighted by molar-refractivity contribution is 0.386. The number of aromatic nitrogens is 2. The summed E-state index contributed by atoms with van der Waals surface area (Å²) in [5.74, 6) is 1.87. The third kappa shape index (κ3) is 3.39. The van der Waals surface area contributed by atoms with Crippen LogP contribution in [0.4, 0.5) is 21.7 Å². The quantitative estimate of drug-likeness (QED) is 0.883. The number of hydrogen-bond acceptors (Lipinski definition) is 5. The molecule has 112 valence electrons. The minimum Gasteiger partial charge on any atom is -0.494 e. The molecule has 0 aliphatic carbocycles. The predicted molar refractivity (Wildman–Crippen MR) is 81.9 cm³/mol. The largest absolute Gasteiger partial charge is 0.494 e. The van der Waals surface area contributed by atoms with Crippen LogP contribution in [0.3, 0.4) is 0 Å². The monoisotopic (exact) mass is 290 g/mol. The van der Waals surface area contributed by atoms with Crippen LogP contribution in [0, 0.1) is 19.7 Å². The van der Waals surface area contributed by atoms with Crippen LogP contribution in [0.2, 0.25) is 0 Å². The highest BCUT2D eigenvalue weighted by Gasteiger charge is 2.10. The Morgan fingerprint density at radius 2 is 1.90 bits per heavy atom. The van der Waals surface area contributed by atoms with E-state index in [-0.39, 0.29) is 5.75 Å². The summed E-state index contributed by atoms with van der Waals surface area (Å²) < 4.78 is 18.6. The molecule has 2 aromatic rings. The van der Waals surface area contributed by atoms with E-state index in [0.29, 0.717) is 17.3 Å². The normalized spacial score (nSPS) is 10.3. The first kappa shape index (κ1) is 15.0. The molecule has 1 aromatic heterocycles. The maximum atomic E-state index is 13.7. The van der Waals surface area contributed by atoms with Crippen molar-refractivity contribution < 1.29 is 9.13 Å². The number of benzene rings is 1. The van der Waals surface area contributed by atoms with Crippen molar-refractivity contribution in [2.75, 3.05) is 24.3 Å². The molecule has 0 atom stereocenters. The van der Waals surface area contributed by atoms with Crippen molar-refractivity contribution in [3.05, 3.63) is 35.4 Å². The Kier molecular flexibility index (Phi) is 4.57. The summed E-state index contributed by atoms with van der Waals surface area (Å²) in [4.78, 5) is 8.72. The van der Waals surface area contributed by atoms with E-state index < -0.39 is 5.82 Å². The standard InChI is InChI=1S/C15H19FN4O/c1-5-17-14-9(2)15(19-10(3)18-14)20-11-6-7-13(21-4)12(16)8-11/h6-8H,5H2,1-4H3,(H2,17,18,19,20). The van der Waals surface area contributed by atoms with Crippen molar-refractivity contribution >= 4 is 17.3 Å². The number of methoxy groups -OCH3 is 1. The minimum atomic E-state index is -0.419. The van der Waals surface area contributed by atoms with E-state index in [1.807, 2.05) is 20.8 Å². The second-order valence-electron chi connectivity index (χ2n) is 4.60. The number of ether oxygens (including phenoxy) is 1. The highest BCUT2D eigenvalue weighted by molar-refractivity contribution is 5.65. The zero-order valence-corrected chi connectivity index (χ0v) is 12.6. The summed E-state index contributed by atoms with van der Waals surface area (Å²) in [6.07, 6.45) is 0. The molecular weight excluding hydrogens is 271 g/mol.